The number of phenolic OH excluding ortho intramolecular Hbond substituents is 3. The number of aromatic hydroxyl groups is 3. The van der Waals surface area contributed by atoms with Crippen molar-refractivity contribution in [1.82, 2.24) is 0 Å². The second-order valence-corrected chi connectivity index (χ2v) is 6.39. The highest BCUT2D eigenvalue weighted by Gasteiger charge is 2.14. The molecule has 0 saturated carbocycles. The topological polar surface area (TPSA) is 86.7 Å². The summed E-state index contributed by atoms with van der Waals surface area (Å²) >= 11 is 0. The van der Waals surface area contributed by atoms with Crippen molar-refractivity contribution in [2.24, 2.45) is 5.73 Å². The van der Waals surface area contributed by atoms with Crippen LogP contribution in [0.15, 0.2) is 72.8 Å². The molecule has 3 aromatic rings. The summed E-state index contributed by atoms with van der Waals surface area (Å²) in [5, 5.41) is 29.0. The summed E-state index contributed by atoms with van der Waals surface area (Å²) in [6, 6.07) is 21.3. The number of phenols is 3. The summed E-state index contributed by atoms with van der Waals surface area (Å²) in [6.45, 7) is 0.569. The molecule has 0 amide bonds. The highest BCUT2D eigenvalue weighted by molar-refractivity contribution is 5.98. The van der Waals surface area contributed by atoms with Crippen LogP contribution >= 0.6 is 0 Å². The second-order valence-electron chi connectivity index (χ2n) is 6.39. The molecule has 0 aliphatic carbocycles. The van der Waals surface area contributed by atoms with Crippen molar-refractivity contribution in [3.63, 3.8) is 0 Å². The van der Waals surface area contributed by atoms with E-state index in [4.69, 9.17) is 5.73 Å². The van der Waals surface area contributed by atoms with Gasteiger partial charge in [0, 0.05) is 0 Å². The van der Waals surface area contributed by atoms with E-state index in [2.05, 4.69) is 0 Å². The van der Waals surface area contributed by atoms with Gasteiger partial charge in [0.1, 0.15) is 17.2 Å². The Morgan fingerprint density at radius 3 is 1.33 bits per heavy atom. The fourth-order valence-corrected chi connectivity index (χ4v) is 3.13. The first-order valence-electron chi connectivity index (χ1n) is 8.90. The van der Waals surface area contributed by atoms with E-state index in [0.29, 0.717) is 6.54 Å². The van der Waals surface area contributed by atoms with Crippen LogP contribution in [0.1, 0.15) is 29.5 Å². The maximum atomic E-state index is 9.68. The van der Waals surface area contributed by atoms with Crippen molar-refractivity contribution in [3.05, 3.63) is 89.5 Å². The van der Waals surface area contributed by atoms with E-state index in [9.17, 15) is 15.3 Å². The summed E-state index contributed by atoms with van der Waals surface area (Å²) < 4.78 is 0. The van der Waals surface area contributed by atoms with Gasteiger partial charge in [0.15, 0.2) is 0 Å². The fourth-order valence-electron chi connectivity index (χ4n) is 3.13. The number of nitrogens with two attached hydrogens (primary N) is 1. The highest BCUT2D eigenvalue weighted by atomic mass is 16.3. The number of rotatable bonds is 6. The molecule has 0 unspecified atom stereocenters. The lowest BCUT2D eigenvalue weighted by Crippen LogP contribution is -2.01. The molecule has 0 bridgehead atoms. The van der Waals surface area contributed by atoms with Crippen LogP contribution in [0.3, 0.4) is 0 Å². The molecule has 0 aliphatic rings. The van der Waals surface area contributed by atoms with Gasteiger partial charge in [-0.15, -0.1) is 0 Å². The Morgan fingerprint density at radius 1 is 0.593 bits per heavy atom. The van der Waals surface area contributed by atoms with E-state index in [1.807, 2.05) is 36.4 Å². The van der Waals surface area contributed by atoms with Gasteiger partial charge in [-0.1, -0.05) is 36.4 Å². The van der Waals surface area contributed by atoms with Crippen LogP contribution in [0.2, 0.25) is 0 Å². The summed E-state index contributed by atoms with van der Waals surface area (Å²) in [7, 11) is 0. The van der Waals surface area contributed by atoms with Crippen molar-refractivity contribution in [2.45, 2.75) is 12.8 Å². The summed E-state index contributed by atoms with van der Waals surface area (Å²) in [4.78, 5) is 0. The molecule has 138 valence electrons. The maximum Gasteiger partial charge on any atom is 0.115 e. The Morgan fingerprint density at radius 2 is 0.963 bits per heavy atom. The Balaban J connectivity index is 2.25. The summed E-state index contributed by atoms with van der Waals surface area (Å²) in [6.07, 6.45) is 1.58. The fraction of sp³-hybridized carbons (Fsp3) is 0.130. The normalized spacial score (nSPS) is 10.6. The average molecular weight is 361 g/mol. The molecule has 0 radical (unpaired) electrons. The third-order valence-corrected chi connectivity index (χ3v) is 4.46. The molecular weight excluding hydrogens is 338 g/mol. The van der Waals surface area contributed by atoms with Crippen molar-refractivity contribution in [1.29, 1.82) is 0 Å². The van der Waals surface area contributed by atoms with Crippen molar-refractivity contribution in [2.75, 3.05) is 6.54 Å². The molecule has 27 heavy (non-hydrogen) atoms. The summed E-state index contributed by atoms with van der Waals surface area (Å²) in [5.74, 6) is 0.627. The standard InChI is InChI=1S/C23H23NO3/c24-15-1-2-22(16-3-9-19(25)10-4-16)23(17-5-11-20(26)12-6-17)18-7-13-21(27)14-8-18/h3-14,25-27H,1-2,15,24H2. The van der Waals surface area contributed by atoms with Crippen molar-refractivity contribution in [3.8, 4) is 17.2 Å². The zero-order chi connectivity index (χ0) is 19.2. The van der Waals surface area contributed by atoms with E-state index in [-0.39, 0.29) is 17.2 Å². The number of hydrogen-bond donors (Lipinski definition) is 4. The van der Waals surface area contributed by atoms with Gasteiger partial charge in [-0.2, -0.15) is 0 Å². The first-order chi connectivity index (χ1) is 13.1. The van der Waals surface area contributed by atoms with Gasteiger partial charge in [0.25, 0.3) is 0 Å². The van der Waals surface area contributed by atoms with Crippen LogP contribution in [0.25, 0.3) is 11.1 Å². The lowest BCUT2D eigenvalue weighted by atomic mass is 9.87. The molecule has 5 N–H and O–H groups in total. The number of allylic oxidation sites excluding steroid dienone is 1. The zero-order valence-corrected chi connectivity index (χ0v) is 15.0. The molecule has 4 heteroatoms. The van der Waals surface area contributed by atoms with Gasteiger partial charge in [0.2, 0.25) is 0 Å². The maximum absolute atomic E-state index is 9.68. The van der Waals surface area contributed by atoms with Gasteiger partial charge >= 0.3 is 0 Å². The van der Waals surface area contributed by atoms with Crippen LogP contribution in [-0.4, -0.2) is 21.9 Å². The zero-order valence-electron chi connectivity index (χ0n) is 15.0. The third kappa shape index (κ3) is 4.49. The second kappa shape index (κ2) is 8.43. The average Bonchev–Trinajstić information content (AvgIpc) is 2.68. The van der Waals surface area contributed by atoms with E-state index < -0.39 is 0 Å². The van der Waals surface area contributed by atoms with E-state index >= 15 is 0 Å². The van der Waals surface area contributed by atoms with E-state index in [0.717, 1.165) is 40.7 Å². The first kappa shape index (κ1) is 18.5. The minimum atomic E-state index is 0.206. The highest BCUT2D eigenvalue weighted by Crippen LogP contribution is 2.36. The smallest absolute Gasteiger partial charge is 0.115 e. The number of hydrogen-bond acceptors (Lipinski definition) is 4. The molecule has 0 heterocycles. The molecule has 4 nitrogen and oxygen atoms in total. The van der Waals surface area contributed by atoms with Crippen LogP contribution in [-0.2, 0) is 0 Å². The lowest BCUT2D eigenvalue weighted by molar-refractivity contribution is 0.474. The van der Waals surface area contributed by atoms with Gasteiger partial charge in [-0.3, -0.25) is 0 Å². The van der Waals surface area contributed by atoms with Gasteiger partial charge < -0.3 is 21.1 Å². The van der Waals surface area contributed by atoms with Crippen molar-refractivity contribution >= 4 is 11.1 Å². The quantitative estimate of drug-likeness (QED) is 0.487. The van der Waals surface area contributed by atoms with Crippen LogP contribution in [0.5, 0.6) is 17.2 Å². The minimum Gasteiger partial charge on any atom is -0.508 e. The molecule has 0 aliphatic heterocycles. The Kier molecular flexibility index (Phi) is 5.79. The predicted octanol–water partition coefficient (Wildman–Crippen LogP) is 4.50. The molecule has 0 atom stereocenters. The Bertz CT molecular complexity index is 864. The van der Waals surface area contributed by atoms with Crippen LogP contribution < -0.4 is 5.73 Å². The monoisotopic (exact) mass is 361 g/mol. The molecule has 0 saturated heterocycles. The molecule has 0 aromatic heterocycles. The van der Waals surface area contributed by atoms with Gasteiger partial charge in [-0.05, 0) is 83.6 Å². The third-order valence-electron chi connectivity index (χ3n) is 4.46. The largest absolute Gasteiger partial charge is 0.508 e. The van der Waals surface area contributed by atoms with Crippen LogP contribution in [0, 0.1) is 0 Å². The van der Waals surface area contributed by atoms with Gasteiger partial charge in [0.05, 0.1) is 0 Å². The van der Waals surface area contributed by atoms with E-state index in [1.165, 1.54) is 0 Å². The summed E-state index contributed by atoms with van der Waals surface area (Å²) in [5.41, 5.74) is 10.8. The molecule has 0 spiro atoms. The van der Waals surface area contributed by atoms with E-state index in [1.54, 1.807) is 36.4 Å². The minimum absolute atomic E-state index is 0.206. The first-order valence-corrected chi connectivity index (χ1v) is 8.90. The Labute approximate surface area is 158 Å². The lowest BCUT2D eigenvalue weighted by Gasteiger charge is -2.18. The predicted molar refractivity (Wildman–Crippen MR) is 109 cm³/mol. The van der Waals surface area contributed by atoms with Gasteiger partial charge in [-0.25, -0.2) is 0 Å². The van der Waals surface area contributed by atoms with Crippen LogP contribution in [0.4, 0.5) is 0 Å². The molecule has 3 aromatic carbocycles. The molecule has 3 rings (SSSR count). The SMILES string of the molecule is NCCCC(=C(c1ccc(O)cc1)c1ccc(O)cc1)c1ccc(O)cc1. The molecular formula is C23H23NO3. The number of benzene rings is 3. The Hall–Kier alpha value is -3.24. The molecule has 0 fully saturated rings. The van der Waals surface area contributed by atoms with Crippen molar-refractivity contribution < 1.29 is 15.3 Å².